The number of ether oxygens (including phenoxy) is 2. The fourth-order valence-electron chi connectivity index (χ4n) is 3.20. The van der Waals surface area contributed by atoms with Gasteiger partial charge in [-0.05, 0) is 23.3 Å². The molecule has 0 spiro atoms. The largest absolute Gasteiger partial charge is 0.493 e. The van der Waals surface area contributed by atoms with Gasteiger partial charge in [0.2, 0.25) is 0 Å². The van der Waals surface area contributed by atoms with Crippen molar-refractivity contribution in [2.75, 3.05) is 33.3 Å². The van der Waals surface area contributed by atoms with Gasteiger partial charge >= 0.3 is 0 Å². The van der Waals surface area contributed by atoms with Crippen molar-refractivity contribution in [1.29, 1.82) is 0 Å². The Bertz CT molecular complexity index is 691. The number of hydrogen-bond acceptors (Lipinski definition) is 4. The van der Waals surface area contributed by atoms with E-state index in [1.54, 1.807) is 18.2 Å². The maximum Gasteiger partial charge on any atom is 0.258 e. The second-order valence-electron chi connectivity index (χ2n) is 6.25. The van der Waals surface area contributed by atoms with Gasteiger partial charge in [-0.2, -0.15) is 0 Å². The maximum atomic E-state index is 13.7. The van der Waals surface area contributed by atoms with E-state index in [2.05, 4.69) is 5.32 Å². The zero-order valence-electron chi connectivity index (χ0n) is 14.8. The Hall–Kier alpha value is -2.18. The number of nitrogens with one attached hydrogen (secondary N) is 1. The van der Waals surface area contributed by atoms with Gasteiger partial charge in [-0.1, -0.05) is 36.4 Å². The molecule has 1 heterocycles. The summed E-state index contributed by atoms with van der Waals surface area (Å²) in [7, 11) is 1.52. The predicted octanol–water partition coefficient (Wildman–Crippen LogP) is 3.49. The van der Waals surface area contributed by atoms with Crippen molar-refractivity contribution in [3.8, 4) is 11.5 Å². The van der Waals surface area contributed by atoms with Crippen LogP contribution in [0.3, 0.4) is 0 Å². The van der Waals surface area contributed by atoms with Crippen LogP contribution in [0.2, 0.25) is 0 Å². The number of methoxy groups -OCH3 is 1. The number of alkyl halides is 2. The number of piperazine rings is 1. The van der Waals surface area contributed by atoms with Crippen LogP contribution in [0.1, 0.15) is 17.2 Å². The van der Waals surface area contributed by atoms with Gasteiger partial charge in [0.05, 0.1) is 13.2 Å². The van der Waals surface area contributed by atoms with Gasteiger partial charge in [-0.3, -0.25) is 4.90 Å². The van der Waals surface area contributed by atoms with E-state index in [4.69, 9.17) is 9.47 Å². The summed E-state index contributed by atoms with van der Waals surface area (Å²) in [5.41, 5.74) is 1.58. The lowest BCUT2D eigenvalue weighted by Gasteiger charge is -2.34. The minimum Gasteiger partial charge on any atom is -0.493 e. The molecule has 4 nitrogen and oxygen atoms in total. The molecule has 140 valence electrons. The summed E-state index contributed by atoms with van der Waals surface area (Å²) in [6.07, 6.45) is -2.46. The van der Waals surface area contributed by atoms with Gasteiger partial charge in [0, 0.05) is 26.2 Å². The molecule has 26 heavy (non-hydrogen) atoms. The van der Waals surface area contributed by atoms with Crippen LogP contribution in [0.4, 0.5) is 8.78 Å². The third-order valence-electron chi connectivity index (χ3n) is 4.55. The first kappa shape index (κ1) is 18.6. The summed E-state index contributed by atoms with van der Waals surface area (Å²) in [5.74, 6) is 1.02. The molecule has 0 unspecified atom stereocenters. The third-order valence-corrected chi connectivity index (χ3v) is 4.55. The summed E-state index contributed by atoms with van der Waals surface area (Å²) in [6.45, 7) is 3.04. The summed E-state index contributed by atoms with van der Waals surface area (Å²) in [5, 5.41) is 3.19. The topological polar surface area (TPSA) is 33.7 Å². The fraction of sp³-hybridized carbons (Fsp3) is 0.400. The Balaban J connectivity index is 1.77. The van der Waals surface area contributed by atoms with Gasteiger partial charge < -0.3 is 14.8 Å². The molecule has 0 aliphatic carbocycles. The van der Waals surface area contributed by atoms with Crippen LogP contribution in [0.5, 0.6) is 11.5 Å². The first-order chi connectivity index (χ1) is 12.7. The van der Waals surface area contributed by atoms with Crippen LogP contribution >= 0.6 is 0 Å². The van der Waals surface area contributed by atoms with Gasteiger partial charge in [-0.15, -0.1) is 0 Å². The first-order valence-corrected chi connectivity index (χ1v) is 8.76. The first-order valence-electron chi connectivity index (χ1n) is 8.76. The molecule has 2 aromatic carbocycles. The van der Waals surface area contributed by atoms with Gasteiger partial charge in [0.25, 0.3) is 6.43 Å². The molecule has 2 aromatic rings. The molecule has 0 saturated carbocycles. The molecule has 0 bridgehead atoms. The molecule has 0 radical (unpaired) electrons. The van der Waals surface area contributed by atoms with E-state index in [0.29, 0.717) is 36.8 Å². The number of benzene rings is 2. The minimum atomic E-state index is -2.46. The second kappa shape index (κ2) is 8.96. The molecule has 0 amide bonds. The molecule has 1 atom stereocenters. The normalized spacial score (nSPS) is 16.5. The SMILES string of the molecule is COc1cc([C@H](C(F)F)N2CCNCC2)ccc1OCc1ccccc1. The van der Waals surface area contributed by atoms with E-state index in [1.807, 2.05) is 35.2 Å². The van der Waals surface area contributed by atoms with Crippen LogP contribution < -0.4 is 14.8 Å². The lowest BCUT2D eigenvalue weighted by Crippen LogP contribution is -2.46. The molecule has 1 saturated heterocycles. The zero-order valence-corrected chi connectivity index (χ0v) is 14.8. The maximum absolute atomic E-state index is 13.7. The molecule has 0 aromatic heterocycles. The van der Waals surface area contributed by atoms with Crippen LogP contribution in [0.25, 0.3) is 0 Å². The van der Waals surface area contributed by atoms with E-state index in [0.717, 1.165) is 18.7 Å². The number of hydrogen-bond donors (Lipinski definition) is 1. The molecular weight excluding hydrogens is 338 g/mol. The Kier molecular flexibility index (Phi) is 6.41. The summed E-state index contributed by atoms with van der Waals surface area (Å²) < 4.78 is 38.7. The van der Waals surface area contributed by atoms with Crippen LogP contribution in [-0.4, -0.2) is 44.6 Å². The molecule has 1 aliphatic rings. The van der Waals surface area contributed by atoms with E-state index in [1.165, 1.54) is 7.11 Å². The van der Waals surface area contributed by atoms with Crippen LogP contribution in [0, 0.1) is 0 Å². The highest BCUT2D eigenvalue weighted by molar-refractivity contribution is 5.44. The van der Waals surface area contributed by atoms with Crippen molar-refractivity contribution in [3.05, 3.63) is 59.7 Å². The van der Waals surface area contributed by atoms with Gasteiger partial charge in [0.15, 0.2) is 11.5 Å². The quantitative estimate of drug-likeness (QED) is 0.818. The predicted molar refractivity (Wildman–Crippen MR) is 97.0 cm³/mol. The highest BCUT2D eigenvalue weighted by Crippen LogP contribution is 2.35. The molecule has 3 rings (SSSR count). The number of halogens is 2. The highest BCUT2D eigenvalue weighted by atomic mass is 19.3. The summed E-state index contributed by atoms with van der Waals surface area (Å²) in [6, 6.07) is 13.9. The van der Waals surface area contributed by atoms with E-state index >= 15 is 0 Å². The highest BCUT2D eigenvalue weighted by Gasteiger charge is 2.30. The summed E-state index contributed by atoms with van der Waals surface area (Å²) >= 11 is 0. The van der Waals surface area contributed by atoms with Crippen molar-refractivity contribution in [2.24, 2.45) is 0 Å². The average Bonchev–Trinajstić information content (AvgIpc) is 2.68. The van der Waals surface area contributed by atoms with E-state index < -0.39 is 12.5 Å². The molecule has 1 fully saturated rings. The Labute approximate surface area is 152 Å². The Morgan fingerprint density at radius 1 is 1.04 bits per heavy atom. The molecular formula is C20H24F2N2O2. The standard InChI is InChI=1S/C20H24F2N2O2/c1-25-18-13-16(19(20(21)22)24-11-9-23-10-12-24)7-8-17(18)26-14-15-5-3-2-4-6-15/h2-8,13,19-20,23H,9-12,14H2,1H3/t19-/m1/s1. The average molecular weight is 362 g/mol. The van der Waals surface area contributed by atoms with Gasteiger partial charge in [-0.25, -0.2) is 8.78 Å². The lowest BCUT2D eigenvalue weighted by atomic mass is 10.0. The number of nitrogens with zero attached hydrogens (tertiary/aromatic N) is 1. The van der Waals surface area contributed by atoms with E-state index in [9.17, 15) is 8.78 Å². The van der Waals surface area contributed by atoms with Crippen molar-refractivity contribution < 1.29 is 18.3 Å². The molecule has 6 heteroatoms. The monoisotopic (exact) mass is 362 g/mol. The second-order valence-corrected chi connectivity index (χ2v) is 6.25. The van der Waals surface area contributed by atoms with Crippen LogP contribution in [-0.2, 0) is 6.61 Å². The van der Waals surface area contributed by atoms with Crippen molar-refractivity contribution in [2.45, 2.75) is 19.1 Å². The lowest BCUT2D eigenvalue weighted by molar-refractivity contribution is 0.0180. The van der Waals surface area contributed by atoms with Crippen molar-refractivity contribution >= 4 is 0 Å². The van der Waals surface area contributed by atoms with Crippen molar-refractivity contribution in [3.63, 3.8) is 0 Å². The van der Waals surface area contributed by atoms with Gasteiger partial charge in [0.1, 0.15) is 6.61 Å². The third kappa shape index (κ3) is 4.51. The summed E-state index contributed by atoms with van der Waals surface area (Å²) in [4.78, 5) is 1.82. The van der Waals surface area contributed by atoms with Crippen molar-refractivity contribution in [1.82, 2.24) is 10.2 Å². The smallest absolute Gasteiger partial charge is 0.258 e. The fourth-order valence-corrected chi connectivity index (χ4v) is 3.20. The Morgan fingerprint density at radius 2 is 1.77 bits per heavy atom. The Morgan fingerprint density at radius 3 is 2.42 bits per heavy atom. The molecule has 1 aliphatic heterocycles. The van der Waals surface area contributed by atoms with Crippen LogP contribution in [0.15, 0.2) is 48.5 Å². The van der Waals surface area contributed by atoms with E-state index in [-0.39, 0.29) is 0 Å². The number of rotatable bonds is 7. The molecule has 1 N–H and O–H groups in total. The minimum absolute atomic E-state index is 0.395. The zero-order chi connectivity index (χ0) is 18.4.